The van der Waals surface area contributed by atoms with Crippen LogP contribution in [0.15, 0.2) is 17.6 Å². The molecule has 3 nitrogen and oxygen atoms in total. The lowest BCUT2D eigenvalue weighted by Gasteiger charge is -2.03. The molecule has 0 amide bonds. The summed E-state index contributed by atoms with van der Waals surface area (Å²) in [7, 11) is 0. The Hall–Kier alpha value is -0.610. The van der Waals surface area contributed by atoms with Crippen LogP contribution in [-0.4, -0.2) is 22.3 Å². The van der Waals surface area contributed by atoms with Gasteiger partial charge in [0.2, 0.25) is 0 Å². The highest BCUT2D eigenvalue weighted by molar-refractivity contribution is 7.99. The lowest BCUT2D eigenvalue weighted by atomic mass is 10.3. The second-order valence-electron chi connectivity index (χ2n) is 4.11. The van der Waals surface area contributed by atoms with Gasteiger partial charge in [-0.1, -0.05) is 38.5 Å². The molecular formula is C13H23N3S. The number of nitrogens with zero attached hydrogens (tertiary/aromatic N) is 2. The van der Waals surface area contributed by atoms with Gasteiger partial charge in [0.25, 0.3) is 0 Å². The summed E-state index contributed by atoms with van der Waals surface area (Å²) in [6, 6.07) is 0. The second kappa shape index (κ2) is 9.42. The molecule has 0 unspecified atom stereocenters. The number of aromatic nitrogens is 2. The fourth-order valence-electron chi connectivity index (χ4n) is 1.43. The van der Waals surface area contributed by atoms with Crippen molar-refractivity contribution < 1.29 is 0 Å². The molecule has 1 rings (SSSR count). The molecular weight excluding hydrogens is 230 g/mol. The third kappa shape index (κ3) is 6.64. The molecule has 1 aromatic heterocycles. The van der Waals surface area contributed by atoms with Crippen LogP contribution < -0.4 is 5.32 Å². The SMILES string of the molecule is CCCCCSc1ncc(CNCCC)cn1. The number of unbranched alkanes of at least 4 members (excludes halogenated alkanes) is 2. The number of rotatable bonds is 9. The highest BCUT2D eigenvalue weighted by Crippen LogP contribution is 2.14. The van der Waals surface area contributed by atoms with E-state index in [4.69, 9.17) is 0 Å². The topological polar surface area (TPSA) is 37.8 Å². The summed E-state index contributed by atoms with van der Waals surface area (Å²) in [5.41, 5.74) is 1.16. The fraction of sp³-hybridized carbons (Fsp3) is 0.692. The minimum Gasteiger partial charge on any atom is -0.313 e. The molecule has 0 saturated heterocycles. The van der Waals surface area contributed by atoms with Crippen LogP contribution in [0.5, 0.6) is 0 Å². The predicted molar refractivity (Wildman–Crippen MR) is 74.3 cm³/mol. The zero-order valence-corrected chi connectivity index (χ0v) is 11.7. The summed E-state index contributed by atoms with van der Waals surface area (Å²) >= 11 is 1.75. The number of nitrogens with one attached hydrogen (secondary N) is 1. The molecule has 0 saturated carbocycles. The van der Waals surface area contributed by atoms with Crippen molar-refractivity contribution in [2.24, 2.45) is 0 Å². The molecule has 96 valence electrons. The fourth-order valence-corrected chi connectivity index (χ4v) is 2.22. The van der Waals surface area contributed by atoms with Crippen molar-refractivity contribution in [3.8, 4) is 0 Å². The third-order valence-electron chi connectivity index (χ3n) is 2.42. The van der Waals surface area contributed by atoms with Crippen molar-refractivity contribution >= 4 is 11.8 Å². The number of hydrogen-bond acceptors (Lipinski definition) is 4. The van der Waals surface area contributed by atoms with Gasteiger partial charge in [-0.05, 0) is 19.4 Å². The standard InChI is InChI=1S/C13H23N3S/c1-3-5-6-8-17-13-15-10-12(11-16-13)9-14-7-4-2/h10-11,14H,3-9H2,1-2H3. The van der Waals surface area contributed by atoms with Crippen LogP contribution in [0.25, 0.3) is 0 Å². The van der Waals surface area contributed by atoms with Gasteiger partial charge >= 0.3 is 0 Å². The average Bonchev–Trinajstić information content (AvgIpc) is 2.37. The van der Waals surface area contributed by atoms with E-state index in [1.54, 1.807) is 11.8 Å². The maximum absolute atomic E-state index is 4.37. The number of hydrogen-bond donors (Lipinski definition) is 1. The summed E-state index contributed by atoms with van der Waals surface area (Å²) in [5.74, 6) is 1.13. The second-order valence-corrected chi connectivity index (χ2v) is 5.17. The zero-order valence-electron chi connectivity index (χ0n) is 10.9. The molecule has 17 heavy (non-hydrogen) atoms. The molecule has 1 aromatic rings. The zero-order chi connectivity index (χ0) is 12.3. The largest absolute Gasteiger partial charge is 0.313 e. The van der Waals surface area contributed by atoms with E-state index in [2.05, 4.69) is 29.1 Å². The van der Waals surface area contributed by atoms with Crippen molar-refractivity contribution in [2.75, 3.05) is 12.3 Å². The first-order valence-electron chi connectivity index (χ1n) is 6.51. The Morgan fingerprint density at radius 3 is 2.53 bits per heavy atom. The molecule has 0 aromatic carbocycles. The van der Waals surface area contributed by atoms with Gasteiger partial charge in [0.05, 0.1) is 0 Å². The summed E-state index contributed by atoms with van der Waals surface area (Å²) in [4.78, 5) is 8.73. The van der Waals surface area contributed by atoms with Crippen LogP contribution in [0.3, 0.4) is 0 Å². The van der Waals surface area contributed by atoms with Crippen LogP contribution in [0.4, 0.5) is 0 Å². The van der Waals surface area contributed by atoms with Crippen LogP contribution >= 0.6 is 11.8 Å². The highest BCUT2D eigenvalue weighted by Gasteiger charge is 1.98. The van der Waals surface area contributed by atoms with E-state index in [9.17, 15) is 0 Å². The first kappa shape index (κ1) is 14.5. The van der Waals surface area contributed by atoms with Gasteiger partial charge in [0, 0.05) is 30.3 Å². The molecule has 0 spiro atoms. The quantitative estimate of drug-likeness (QED) is 0.416. The Bertz CT molecular complexity index is 287. The van der Waals surface area contributed by atoms with Crippen molar-refractivity contribution in [1.29, 1.82) is 0 Å². The Morgan fingerprint density at radius 2 is 1.88 bits per heavy atom. The normalized spacial score (nSPS) is 10.7. The van der Waals surface area contributed by atoms with Gasteiger partial charge in [0.15, 0.2) is 5.16 Å². The van der Waals surface area contributed by atoms with Gasteiger partial charge in [-0.15, -0.1) is 0 Å². The van der Waals surface area contributed by atoms with E-state index in [0.717, 1.165) is 36.0 Å². The lowest BCUT2D eigenvalue weighted by Crippen LogP contribution is -2.14. The summed E-state index contributed by atoms with van der Waals surface area (Å²) in [5, 5.41) is 4.25. The van der Waals surface area contributed by atoms with Crippen LogP contribution in [0, 0.1) is 0 Å². The molecule has 1 heterocycles. The van der Waals surface area contributed by atoms with Crippen LogP contribution in [0.1, 0.15) is 45.1 Å². The molecule has 0 aliphatic rings. The molecule has 1 N–H and O–H groups in total. The van der Waals surface area contributed by atoms with Crippen molar-refractivity contribution in [2.45, 2.75) is 51.2 Å². The van der Waals surface area contributed by atoms with Crippen molar-refractivity contribution in [1.82, 2.24) is 15.3 Å². The number of thioether (sulfide) groups is 1. The third-order valence-corrected chi connectivity index (χ3v) is 3.38. The predicted octanol–water partition coefficient (Wildman–Crippen LogP) is 3.26. The van der Waals surface area contributed by atoms with Crippen LogP contribution in [-0.2, 0) is 6.54 Å². The van der Waals surface area contributed by atoms with E-state index < -0.39 is 0 Å². The first-order chi connectivity index (χ1) is 8.36. The van der Waals surface area contributed by atoms with Gasteiger partial charge in [-0.2, -0.15) is 0 Å². The maximum atomic E-state index is 4.37. The Kier molecular flexibility index (Phi) is 8.01. The monoisotopic (exact) mass is 253 g/mol. The summed E-state index contributed by atoms with van der Waals surface area (Å²) < 4.78 is 0. The van der Waals surface area contributed by atoms with Crippen molar-refractivity contribution in [3.05, 3.63) is 18.0 Å². The minimum atomic E-state index is 0.870. The van der Waals surface area contributed by atoms with E-state index >= 15 is 0 Å². The van der Waals surface area contributed by atoms with Crippen molar-refractivity contribution in [3.63, 3.8) is 0 Å². The Morgan fingerprint density at radius 1 is 1.12 bits per heavy atom. The molecule has 0 fully saturated rings. The molecule has 4 heteroatoms. The van der Waals surface area contributed by atoms with E-state index in [1.165, 1.54) is 19.3 Å². The minimum absolute atomic E-state index is 0.870. The van der Waals surface area contributed by atoms with Gasteiger partial charge in [-0.3, -0.25) is 0 Å². The lowest BCUT2D eigenvalue weighted by molar-refractivity contribution is 0.669. The Balaban J connectivity index is 2.24. The Labute approximate surface area is 109 Å². The van der Waals surface area contributed by atoms with Gasteiger partial charge in [-0.25, -0.2) is 9.97 Å². The van der Waals surface area contributed by atoms with Crippen LogP contribution in [0.2, 0.25) is 0 Å². The van der Waals surface area contributed by atoms with Gasteiger partial charge in [0.1, 0.15) is 0 Å². The first-order valence-corrected chi connectivity index (χ1v) is 7.49. The van der Waals surface area contributed by atoms with Gasteiger partial charge < -0.3 is 5.32 Å². The highest BCUT2D eigenvalue weighted by atomic mass is 32.2. The molecule has 0 atom stereocenters. The van der Waals surface area contributed by atoms with E-state index in [0.29, 0.717) is 0 Å². The average molecular weight is 253 g/mol. The van der Waals surface area contributed by atoms with E-state index in [-0.39, 0.29) is 0 Å². The molecule has 0 aliphatic heterocycles. The molecule has 0 aliphatic carbocycles. The smallest absolute Gasteiger partial charge is 0.187 e. The molecule has 0 bridgehead atoms. The molecule has 0 radical (unpaired) electrons. The van der Waals surface area contributed by atoms with E-state index in [1.807, 2.05) is 12.4 Å². The maximum Gasteiger partial charge on any atom is 0.187 e. The summed E-state index contributed by atoms with van der Waals surface area (Å²) in [6.45, 7) is 6.31. The summed E-state index contributed by atoms with van der Waals surface area (Å²) in [6.07, 6.45) is 8.83.